The molecule has 1 heterocycles. The van der Waals surface area contributed by atoms with Gasteiger partial charge in [-0.25, -0.2) is 0 Å². The zero-order valence-electron chi connectivity index (χ0n) is 12.6. The average Bonchev–Trinajstić information content (AvgIpc) is 2.45. The third-order valence-corrected chi connectivity index (χ3v) is 4.27. The SMILES string of the molecule is CCCCC(C)N1CC(C)NCC1c1ccccc1. The molecule has 1 aromatic rings. The summed E-state index contributed by atoms with van der Waals surface area (Å²) in [6.07, 6.45) is 3.94. The fraction of sp³-hybridized carbons (Fsp3) is 0.647. The molecule has 1 aliphatic rings. The molecule has 0 amide bonds. The molecule has 1 N–H and O–H groups in total. The van der Waals surface area contributed by atoms with Crippen molar-refractivity contribution < 1.29 is 0 Å². The van der Waals surface area contributed by atoms with Gasteiger partial charge in [0.15, 0.2) is 0 Å². The molecular formula is C17H28N2. The lowest BCUT2D eigenvalue weighted by molar-refractivity contribution is 0.0874. The molecule has 3 atom stereocenters. The van der Waals surface area contributed by atoms with Crippen LogP contribution >= 0.6 is 0 Å². The summed E-state index contributed by atoms with van der Waals surface area (Å²) in [5.41, 5.74) is 1.45. The van der Waals surface area contributed by atoms with Gasteiger partial charge >= 0.3 is 0 Å². The Morgan fingerprint density at radius 3 is 2.74 bits per heavy atom. The van der Waals surface area contributed by atoms with E-state index in [-0.39, 0.29) is 0 Å². The second kappa shape index (κ2) is 7.06. The fourth-order valence-corrected chi connectivity index (χ4v) is 3.08. The summed E-state index contributed by atoms with van der Waals surface area (Å²) in [7, 11) is 0. The first-order valence-corrected chi connectivity index (χ1v) is 7.76. The van der Waals surface area contributed by atoms with Gasteiger partial charge in [-0.05, 0) is 25.8 Å². The second-order valence-electron chi connectivity index (χ2n) is 5.92. The van der Waals surface area contributed by atoms with Crippen LogP contribution < -0.4 is 5.32 Å². The predicted octanol–water partition coefficient (Wildman–Crippen LogP) is 3.60. The number of piperazine rings is 1. The molecule has 19 heavy (non-hydrogen) atoms. The van der Waals surface area contributed by atoms with Gasteiger partial charge in [-0.15, -0.1) is 0 Å². The third kappa shape index (κ3) is 3.80. The van der Waals surface area contributed by atoms with Crippen LogP contribution in [0.2, 0.25) is 0 Å². The van der Waals surface area contributed by atoms with Crippen LogP contribution in [0, 0.1) is 0 Å². The van der Waals surface area contributed by atoms with E-state index in [9.17, 15) is 0 Å². The molecule has 0 aliphatic carbocycles. The zero-order valence-corrected chi connectivity index (χ0v) is 12.6. The summed E-state index contributed by atoms with van der Waals surface area (Å²) >= 11 is 0. The predicted molar refractivity (Wildman–Crippen MR) is 82.3 cm³/mol. The molecule has 106 valence electrons. The Labute approximate surface area is 118 Å². The topological polar surface area (TPSA) is 15.3 Å². The van der Waals surface area contributed by atoms with Crippen molar-refractivity contribution in [3.63, 3.8) is 0 Å². The van der Waals surface area contributed by atoms with Crippen LogP contribution in [0.5, 0.6) is 0 Å². The van der Waals surface area contributed by atoms with Crippen molar-refractivity contribution >= 4 is 0 Å². The number of benzene rings is 1. The molecular weight excluding hydrogens is 232 g/mol. The molecule has 1 aliphatic heterocycles. The van der Waals surface area contributed by atoms with E-state index in [2.05, 4.69) is 61.3 Å². The average molecular weight is 260 g/mol. The number of hydrogen-bond acceptors (Lipinski definition) is 2. The van der Waals surface area contributed by atoms with Gasteiger partial charge in [-0.2, -0.15) is 0 Å². The first-order valence-electron chi connectivity index (χ1n) is 7.76. The number of nitrogens with zero attached hydrogens (tertiary/aromatic N) is 1. The minimum atomic E-state index is 0.532. The first kappa shape index (κ1) is 14.5. The minimum Gasteiger partial charge on any atom is -0.311 e. The first-order chi connectivity index (χ1) is 9.22. The van der Waals surface area contributed by atoms with Crippen molar-refractivity contribution in [2.45, 2.75) is 58.2 Å². The minimum absolute atomic E-state index is 0.532. The number of hydrogen-bond donors (Lipinski definition) is 1. The molecule has 0 radical (unpaired) electrons. The number of nitrogens with one attached hydrogen (secondary N) is 1. The molecule has 1 fully saturated rings. The Bertz CT molecular complexity index is 363. The molecule has 1 saturated heterocycles. The third-order valence-electron chi connectivity index (χ3n) is 4.27. The second-order valence-corrected chi connectivity index (χ2v) is 5.92. The molecule has 0 spiro atoms. The smallest absolute Gasteiger partial charge is 0.0476 e. The van der Waals surface area contributed by atoms with Crippen LogP contribution in [-0.2, 0) is 0 Å². The van der Waals surface area contributed by atoms with E-state index in [1.807, 2.05) is 0 Å². The van der Waals surface area contributed by atoms with Gasteiger partial charge in [0, 0.05) is 31.2 Å². The maximum absolute atomic E-state index is 3.63. The molecule has 3 unspecified atom stereocenters. The maximum Gasteiger partial charge on any atom is 0.0476 e. The lowest BCUT2D eigenvalue weighted by Crippen LogP contribution is -2.53. The van der Waals surface area contributed by atoms with E-state index in [0.717, 1.165) is 13.1 Å². The summed E-state index contributed by atoms with van der Waals surface area (Å²) in [6, 6.07) is 12.8. The van der Waals surface area contributed by atoms with Crippen molar-refractivity contribution in [2.75, 3.05) is 13.1 Å². The van der Waals surface area contributed by atoms with E-state index in [4.69, 9.17) is 0 Å². The Kier molecular flexibility index (Phi) is 5.41. The Balaban J connectivity index is 2.10. The van der Waals surface area contributed by atoms with Crippen LogP contribution in [0.3, 0.4) is 0 Å². The lowest BCUT2D eigenvalue weighted by atomic mass is 9.98. The quantitative estimate of drug-likeness (QED) is 0.870. The van der Waals surface area contributed by atoms with Gasteiger partial charge in [0.1, 0.15) is 0 Å². The number of unbranched alkanes of at least 4 members (excludes halogenated alkanes) is 1. The Hall–Kier alpha value is -0.860. The highest BCUT2D eigenvalue weighted by Crippen LogP contribution is 2.27. The monoisotopic (exact) mass is 260 g/mol. The highest BCUT2D eigenvalue weighted by Gasteiger charge is 2.29. The van der Waals surface area contributed by atoms with Gasteiger partial charge in [0.05, 0.1) is 0 Å². The van der Waals surface area contributed by atoms with Gasteiger partial charge in [0.2, 0.25) is 0 Å². The summed E-state index contributed by atoms with van der Waals surface area (Å²) in [5.74, 6) is 0. The van der Waals surface area contributed by atoms with E-state index in [0.29, 0.717) is 18.1 Å². The van der Waals surface area contributed by atoms with Crippen LogP contribution in [0.15, 0.2) is 30.3 Å². The molecule has 0 aromatic heterocycles. The van der Waals surface area contributed by atoms with Crippen LogP contribution in [0.1, 0.15) is 51.6 Å². The number of rotatable bonds is 5. The van der Waals surface area contributed by atoms with Crippen LogP contribution in [-0.4, -0.2) is 30.1 Å². The molecule has 0 bridgehead atoms. The summed E-state index contributed by atoms with van der Waals surface area (Å²) in [4.78, 5) is 2.70. The molecule has 2 nitrogen and oxygen atoms in total. The zero-order chi connectivity index (χ0) is 13.7. The normalized spacial score (nSPS) is 26.3. The van der Waals surface area contributed by atoms with Crippen LogP contribution in [0.4, 0.5) is 0 Å². The summed E-state index contributed by atoms with van der Waals surface area (Å²) in [6.45, 7) is 9.19. The van der Waals surface area contributed by atoms with Crippen molar-refractivity contribution in [1.82, 2.24) is 10.2 Å². The molecule has 0 saturated carbocycles. The largest absolute Gasteiger partial charge is 0.311 e. The van der Waals surface area contributed by atoms with Gasteiger partial charge in [0.25, 0.3) is 0 Å². The van der Waals surface area contributed by atoms with E-state index in [1.54, 1.807) is 0 Å². The van der Waals surface area contributed by atoms with Gasteiger partial charge in [-0.1, -0.05) is 50.1 Å². The molecule has 1 aromatic carbocycles. The highest BCUT2D eigenvalue weighted by atomic mass is 15.2. The van der Waals surface area contributed by atoms with E-state index in [1.165, 1.54) is 24.8 Å². The van der Waals surface area contributed by atoms with E-state index >= 15 is 0 Å². The van der Waals surface area contributed by atoms with Crippen molar-refractivity contribution in [3.8, 4) is 0 Å². The van der Waals surface area contributed by atoms with Crippen molar-refractivity contribution in [3.05, 3.63) is 35.9 Å². The summed E-state index contributed by atoms with van der Waals surface area (Å²) in [5, 5.41) is 3.63. The summed E-state index contributed by atoms with van der Waals surface area (Å²) < 4.78 is 0. The lowest BCUT2D eigenvalue weighted by Gasteiger charge is -2.43. The Morgan fingerprint density at radius 2 is 2.05 bits per heavy atom. The van der Waals surface area contributed by atoms with Gasteiger partial charge < -0.3 is 5.32 Å². The van der Waals surface area contributed by atoms with Crippen molar-refractivity contribution in [1.29, 1.82) is 0 Å². The van der Waals surface area contributed by atoms with Crippen molar-refractivity contribution in [2.24, 2.45) is 0 Å². The standard InChI is InChI=1S/C17H28N2/c1-4-5-9-15(3)19-13-14(2)18-12-17(19)16-10-7-6-8-11-16/h6-8,10-11,14-15,17-18H,4-5,9,12-13H2,1-3H3. The Morgan fingerprint density at radius 1 is 1.32 bits per heavy atom. The molecule has 2 heteroatoms. The van der Waals surface area contributed by atoms with Gasteiger partial charge in [-0.3, -0.25) is 4.90 Å². The highest BCUT2D eigenvalue weighted by molar-refractivity contribution is 5.20. The van der Waals surface area contributed by atoms with Crippen LogP contribution in [0.25, 0.3) is 0 Å². The molecule has 2 rings (SSSR count). The van der Waals surface area contributed by atoms with E-state index < -0.39 is 0 Å². The fourth-order valence-electron chi connectivity index (χ4n) is 3.08. The maximum atomic E-state index is 3.63.